The van der Waals surface area contributed by atoms with Gasteiger partial charge in [0.05, 0.1) is 0 Å². The molecule has 0 aliphatic rings. The standard InChI is InChI=1S/C11H13Br/c1-2-3-4-7-10-8-5-6-9-11(10)12/h2-3,5-6,8-9H,4,7H2,1H3/b3-2+. The first kappa shape index (κ1) is 9.53. The van der Waals surface area contributed by atoms with Gasteiger partial charge in [0, 0.05) is 4.47 Å². The Labute approximate surface area is 82.4 Å². The highest BCUT2D eigenvalue weighted by Crippen LogP contribution is 2.17. The van der Waals surface area contributed by atoms with Crippen molar-refractivity contribution in [1.29, 1.82) is 0 Å². The van der Waals surface area contributed by atoms with Crippen molar-refractivity contribution in [2.24, 2.45) is 0 Å². The maximum absolute atomic E-state index is 3.52. The molecule has 0 N–H and O–H groups in total. The summed E-state index contributed by atoms with van der Waals surface area (Å²) in [5, 5.41) is 0. The summed E-state index contributed by atoms with van der Waals surface area (Å²) in [6.45, 7) is 2.06. The molecule has 12 heavy (non-hydrogen) atoms. The van der Waals surface area contributed by atoms with Crippen molar-refractivity contribution in [1.82, 2.24) is 0 Å². The third kappa shape index (κ3) is 2.82. The zero-order chi connectivity index (χ0) is 8.81. The second kappa shape index (κ2) is 5.15. The summed E-state index contributed by atoms with van der Waals surface area (Å²) in [4.78, 5) is 0. The average Bonchev–Trinajstić information content (AvgIpc) is 2.09. The lowest BCUT2D eigenvalue weighted by Gasteiger charge is -2.00. The van der Waals surface area contributed by atoms with Gasteiger partial charge >= 0.3 is 0 Å². The molecule has 0 saturated carbocycles. The molecule has 0 amide bonds. The van der Waals surface area contributed by atoms with E-state index in [1.165, 1.54) is 10.0 Å². The maximum atomic E-state index is 3.52. The molecule has 0 aliphatic carbocycles. The molecule has 1 aromatic rings. The number of hydrogen-bond donors (Lipinski definition) is 0. The van der Waals surface area contributed by atoms with E-state index in [-0.39, 0.29) is 0 Å². The molecule has 1 aromatic carbocycles. The molecule has 0 bridgehead atoms. The molecule has 0 radical (unpaired) electrons. The third-order valence-corrected chi connectivity index (χ3v) is 2.55. The van der Waals surface area contributed by atoms with Crippen molar-refractivity contribution < 1.29 is 0 Å². The van der Waals surface area contributed by atoms with Crippen LogP contribution in [-0.2, 0) is 6.42 Å². The average molecular weight is 225 g/mol. The number of benzene rings is 1. The molecule has 0 heterocycles. The lowest BCUT2D eigenvalue weighted by molar-refractivity contribution is 0.993. The SMILES string of the molecule is C/C=C/CCc1ccccc1Br. The van der Waals surface area contributed by atoms with E-state index in [2.05, 4.69) is 53.2 Å². The highest BCUT2D eigenvalue weighted by Gasteiger charge is 1.95. The van der Waals surface area contributed by atoms with Gasteiger partial charge in [0.25, 0.3) is 0 Å². The molecule has 0 spiro atoms. The summed E-state index contributed by atoms with van der Waals surface area (Å²) < 4.78 is 1.22. The molecule has 0 fully saturated rings. The van der Waals surface area contributed by atoms with Crippen LogP contribution in [0.2, 0.25) is 0 Å². The van der Waals surface area contributed by atoms with Crippen LogP contribution in [0.1, 0.15) is 18.9 Å². The number of allylic oxidation sites excluding steroid dienone is 2. The Morgan fingerprint density at radius 2 is 2.08 bits per heavy atom. The van der Waals surface area contributed by atoms with Crippen LogP contribution in [-0.4, -0.2) is 0 Å². The highest BCUT2D eigenvalue weighted by atomic mass is 79.9. The fraction of sp³-hybridized carbons (Fsp3) is 0.273. The van der Waals surface area contributed by atoms with Gasteiger partial charge in [-0.1, -0.05) is 46.3 Å². The van der Waals surface area contributed by atoms with Crippen molar-refractivity contribution in [3.05, 3.63) is 46.5 Å². The number of aryl methyl sites for hydroxylation is 1. The Balaban J connectivity index is 2.57. The van der Waals surface area contributed by atoms with Gasteiger partial charge in [0.2, 0.25) is 0 Å². The Bertz CT molecular complexity index is 263. The van der Waals surface area contributed by atoms with Gasteiger partial charge in [0.15, 0.2) is 0 Å². The number of rotatable bonds is 3. The van der Waals surface area contributed by atoms with Gasteiger partial charge in [0.1, 0.15) is 0 Å². The Morgan fingerprint density at radius 3 is 2.75 bits per heavy atom. The summed E-state index contributed by atoms with van der Waals surface area (Å²) in [6.07, 6.45) is 6.53. The van der Waals surface area contributed by atoms with Crippen molar-refractivity contribution >= 4 is 15.9 Å². The molecule has 0 unspecified atom stereocenters. The summed E-state index contributed by atoms with van der Waals surface area (Å²) in [7, 11) is 0. The molecule has 1 rings (SSSR count). The number of hydrogen-bond acceptors (Lipinski definition) is 0. The van der Waals surface area contributed by atoms with Gasteiger partial charge < -0.3 is 0 Å². The van der Waals surface area contributed by atoms with Gasteiger partial charge in [-0.25, -0.2) is 0 Å². The smallest absolute Gasteiger partial charge is 0.0207 e. The van der Waals surface area contributed by atoms with Crippen LogP contribution in [0.3, 0.4) is 0 Å². The van der Waals surface area contributed by atoms with Crippen LogP contribution >= 0.6 is 15.9 Å². The first-order valence-electron chi connectivity index (χ1n) is 4.19. The first-order chi connectivity index (χ1) is 5.84. The van der Waals surface area contributed by atoms with E-state index >= 15 is 0 Å². The predicted molar refractivity (Wildman–Crippen MR) is 57.3 cm³/mol. The fourth-order valence-electron chi connectivity index (χ4n) is 1.11. The zero-order valence-electron chi connectivity index (χ0n) is 7.26. The van der Waals surface area contributed by atoms with Gasteiger partial charge in [-0.05, 0) is 31.4 Å². The fourth-order valence-corrected chi connectivity index (χ4v) is 1.59. The largest absolute Gasteiger partial charge is 0.0917 e. The Morgan fingerprint density at radius 1 is 1.33 bits per heavy atom. The molecule has 0 atom stereocenters. The van der Waals surface area contributed by atoms with E-state index in [1.807, 2.05) is 6.07 Å². The van der Waals surface area contributed by atoms with E-state index in [0.717, 1.165) is 12.8 Å². The van der Waals surface area contributed by atoms with E-state index < -0.39 is 0 Å². The van der Waals surface area contributed by atoms with Crippen LogP contribution in [0.4, 0.5) is 0 Å². The molecule has 0 aromatic heterocycles. The van der Waals surface area contributed by atoms with Crippen LogP contribution in [0.25, 0.3) is 0 Å². The van der Waals surface area contributed by atoms with Crippen LogP contribution in [0.5, 0.6) is 0 Å². The number of halogens is 1. The van der Waals surface area contributed by atoms with E-state index in [4.69, 9.17) is 0 Å². The van der Waals surface area contributed by atoms with E-state index in [9.17, 15) is 0 Å². The normalized spacial score (nSPS) is 10.8. The van der Waals surface area contributed by atoms with E-state index in [0.29, 0.717) is 0 Å². The third-order valence-electron chi connectivity index (χ3n) is 1.77. The van der Waals surface area contributed by atoms with Crippen molar-refractivity contribution in [3.63, 3.8) is 0 Å². The molecule has 0 nitrogen and oxygen atoms in total. The zero-order valence-corrected chi connectivity index (χ0v) is 8.84. The quantitative estimate of drug-likeness (QED) is 0.683. The van der Waals surface area contributed by atoms with Crippen LogP contribution < -0.4 is 0 Å². The van der Waals surface area contributed by atoms with Gasteiger partial charge in [-0.3, -0.25) is 0 Å². The molecule has 64 valence electrons. The second-order valence-corrected chi connectivity index (χ2v) is 3.55. The lowest BCUT2D eigenvalue weighted by atomic mass is 10.1. The molecule has 0 aliphatic heterocycles. The lowest BCUT2D eigenvalue weighted by Crippen LogP contribution is -1.83. The molecule has 1 heteroatoms. The van der Waals surface area contributed by atoms with Gasteiger partial charge in [-0.2, -0.15) is 0 Å². The second-order valence-electron chi connectivity index (χ2n) is 2.70. The van der Waals surface area contributed by atoms with Gasteiger partial charge in [-0.15, -0.1) is 0 Å². The first-order valence-corrected chi connectivity index (χ1v) is 4.98. The molecular formula is C11H13Br. The summed E-state index contributed by atoms with van der Waals surface area (Å²) >= 11 is 3.52. The predicted octanol–water partition coefficient (Wildman–Crippen LogP) is 3.96. The molecule has 0 saturated heterocycles. The van der Waals surface area contributed by atoms with Crippen LogP contribution in [0.15, 0.2) is 40.9 Å². The monoisotopic (exact) mass is 224 g/mol. The summed E-state index contributed by atoms with van der Waals surface area (Å²) in [5.41, 5.74) is 1.38. The van der Waals surface area contributed by atoms with Crippen LogP contribution in [0, 0.1) is 0 Å². The van der Waals surface area contributed by atoms with Crippen molar-refractivity contribution in [2.45, 2.75) is 19.8 Å². The van der Waals surface area contributed by atoms with Crippen molar-refractivity contribution in [2.75, 3.05) is 0 Å². The van der Waals surface area contributed by atoms with E-state index in [1.54, 1.807) is 0 Å². The Hall–Kier alpha value is -0.560. The van der Waals surface area contributed by atoms with Crippen molar-refractivity contribution in [3.8, 4) is 0 Å². The topological polar surface area (TPSA) is 0 Å². The summed E-state index contributed by atoms with van der Waals surface area (Å²) in [6, 6.07) is 8.37. The minimum absolute atomic E-state index is 1.12. The minimum atomic E-state index is 1.12. The summed E-state index contributed by atoms with van der Waals surface area (Å²) in [5.74, 6) is 0. The molecular weight excluding hydrogens is 212 g/mol. The highest BCUT2D eigenvalue weighted by molar-refractivity contribution is 9.10. The minimum Gasteiger partial charge on any atom is -0.0917 e. The Kier molecular flexibility index (Phi) is 4.09. The maximum Gasteiger partial charge on any atom is 0.0207 e.